The summed E-state index contributed by atoms with van der Waals surface area (Å²) in [5.41, 5.74) is 0. The molecule has 1 aliphatic heterocycles. The van der Waals surface area contributed by atoms with Gasteiger partial charge in [0.1, 0.15) is 5.92 Å². The lowest BCUT2D eigenvalue weighted by atomic mass is 10.1. The van der Waals surface area contributed by atoms with Gasteiger partial charge in [0, 0.05) is 26.1 Å². The molecule has 0 N–H and O–H groups in total. The van der Waals surface area contributed by atoms with Crippen molar-refractivity contribution in [2.75, 3.05) is 26.8 Å². The number of amides is 1. The maximum absolute atomic E-state index is 11.6. The SMILES string of the molecule is COCC1CCN(C(=O)C(C)C#N)C1. The molecule has 0 spiro atoms. The molecule has 1 saturated heterocycles. The molecule has 0 bridgehead atoms. The van der Waals surface area contributed by atoms with E-state index in [1.54, 1.807) is 18.9 Å². The summed E-state index contributed by atoms with van der Waals surface area (Å²) < 4.78 is 5.04. The molecule has 4 heteroatoms. The van der Waals surface area contributed by atoms with Gasteiger partial charge in [-0.05, 0) is 13.3 Å². The van der Waals surface area contributed by atoms with Gasteiger partial charge in [-0.25, -0.2) is 0 Å². The zero-order chi connectivity index (χ0) is 10.6. The molecule has 0 aliphatic carbocycles. The van der Waals surface area contributed by atoms with Gasteiger partial charge in [-0.2, -0.15) is 5.26 Å². The van der Waals surface area contributed by atoms with Crippen molar-refractivity contribution in [3.8, 4) is 6.07 Å². The van der Waals surface area contributed by atoms with Gasteiger partial charge in [0.2, 0.25) is 5.91 Å². The first-order chi connectivity index (χ1) is 6.69. The zero-order valence-electron chi connectivity index (χ0n) is 8.69. The van der Waals surface area contributed by atoms with Gasteiger partial charge in [-0.3, -0.25) is 4.79 Å². The van der Waals surface area contributed by atoms with Crippen molar-refractivity contribution in [3.63, 3.8) is 0 Å². The molecular formula is C10H16N2O2. The molecule has 0 aromatic carbocycles. The van der Waals surface area contributed by atoms with E-state index in [0.29, 0.717) is 12.5 Å². The van der Waals surface area contributed by atoms with E-state index in [-0.39, 0.29) is 5.91 Å². The van der Waals surface area contributed by atoms with Crippen LogP contribution in [-0.2, 0) is 9.53 Å². The highest BCUT2D eigenvalue weighted by Crippen LogP contribution is 2.18. The highest BCUT2D eigenvalue weighted by Gasteiger charge is 2.28. The number of nitrogens with zero attached hydrogens (tertiary/aromatic N) is 2. The number of likely N-dealkylation sites (tertiary alicyclic amines) is 1. The van der Waals surface area contributed by atoms with E-state index in [1.165, 1.54) is 0 Å². The lowest BCUT2D eigenvalue weighted by Gasteiger charge is -2.17. The minimum atomic E-state index is -0.517. The van der Waals surface area contributed by atoms with E-state index >= 15 is 0 Å². The summed E-state index contributed by atoms with van der Waals surface area (Å²) in [7, 11) is 1.67. The molecule has 1 amide bonds. The Morgan fingerprint density at radius 1 is 1.79 bits per heavy atom. The third-order valence-corrected chi connectivity index (χ3v) is 2.56. The fraction of sp³-hybridized carbons (Fsp3) is 0.800. The number of hydrogen-bond acceptors (Lipinski definition) is 3. The Bertz CT molecular complexity index is 247. The average Bonchev–Trinajstić information content (AvgIpc) is 2.64. The molecule has 0 saturated carbocycles. The van der Waals surface area contributed by atoms with Gasteiger partial charge in [0.15, 0.2) is 0 Å². The molecule has 14 heavy (non-hydrogen) atoms. The molecule has 1 rings (SSSR count). The van der Waals surface area contributed by atoms with Crippen LogP contribution in [0.3, 0.4) is 0 Å². The summed E-state index contributed by atoms with van der Waals surface area (Å²) in [5.74, 6) is -0.128. The fourth-order valence-corrected chi connectivity index (χ4v) is 1.73. The summed E-state index contributed by atoms with van der Waals surface area (Å²) >= 11 is 0. The molecule has 2 unspecified atom stereocenters. The van der Waals surface area contributed by atoms with E-state index < -0.39 is 5.92 Å². The summed E-state index contributed by atoms with van der Waals surface area (Å²) in [6, 6.07) is 1.97. The second kappa shape index (κ2) is 4.97. The van der Waals surface area contributed by atoms with Gasteiger partial charge in [0.25, 0.3) is 0 Å². The van der Waals surface area contributed by atoms with Crippen LogP contribution in [0.4, 0.5) is 0 Å². The van der Waals surface area contributed by atoms with Crippen molar-refractivity contribution < 1.29 is 9.53 Å². The van der Waals surface area contributed by atoms with Crippen molar-refractivity contribution in [1.82, 2.24) is 4.90 Å². The van der Waals surface area contributed by atoms with Crippen LogP contribution in [0.1, 0.15) is 13.3 Å². The third-order valence-electron chi connectivity index (χ3n) is 2.56. The first-order valence-corrected chi connectivity index (χ1v) is 4.86. The van der Waals surface area contributed by atoms with Crippen molar-refractivity contribution in [2.24, 2.45) is 11.8 Å². The quantitative estimate of drug-likeness (QED) is 0.665. The second-order valence-electron chi connectivity index (χ2n) is 3.75. The Morgan fingerprint density at radius 3 is 3.07 bits per heavy atom. The van der Waals surface area contributed by atoms with E-state index in [1.807, 2.05) is 6.07 Å². The summed E-state index contributed by atoms with van der Waals surface area (Å²) in [5, 5.41) is 8.61. The van der Waals surface area contributed by atoms with Crippen LogP contribution >= 0.6 is 0 Å². The lowest BCUT2D eigenvalue weighted by Crippen LogP contribution is -2.33. The third kappa shape index (κ3) is 2.46. The predicted molar refractivity (Wildman–Crippen MR) is 51.3 cm³/mol. The Kier molecular flexibility index (Phi) is 3.90. The second-order valence-corrected chi connectivity index (χ2v) is 3.75. The van der Waals surface area contributed by atoms with Crippen molar-refractivity contribution in [3.05, 3.63) is 0 Å². The van der Waals surface area contributed by atoms with Crippen LogP contribution in [0.25, 0.3) is 0 Å². The van der Waals surface area contributed by atoms with Gasteiger partial charge < -0.3 is 9.64 Å². The maximum Gasteiger partial charge on any atom is 0.239 e. The predicted octanol–water partition coefficient (Wildman–Crippen LogP) is 0.641. The highest BCUT2D eigenvalue weighted by atomic mass is 16.5. The minimum Gasteiger partial charge on any atom is -0.384 e. The van der Waals surface area contributed by atoms with Crippen LogP contribution in [0.5, 0.6) is 0 Å². The van der Waals surface area contributed by atoms with Crippen molar-refractivity contribution in [2.45, 2.75) is 13.3 Å². The van der Waals surface area contributed by atoms with E-state index in [9.17, 15) is 4.79 Å². The molecule has 4 nitrogen and oxygen atoms in total. The normalized spacial score (nSPS) is 23.2. The molecule has 2 atom stereocenters. The Balaban J connectivity index is 2.42. The standard InChI is InChI=1S/C10H16N2O2/c1-8(5-11)10(13)12-4-3-9(6-12)7-14-2/h8-9H,3-4,6-7H2,1-2H3. The molecule has 1 heterocycles. The van der Waals surface area contributed by atoms with Crippen LogP contribution in [0.15, 0.2) is 0 Å². The molecule has 1 fully saturated rings. The summed E-state index contributed by atoms with van der Waals surface area (Å²) in [4.78, 5) is 13.4. The molecule has 1 aliphatic rings. The highest BCUT2D eigenvalue weighted by molar-refractivity contribution is 5.81. The smallest absolute Gasteiger partial charge is 0.239 e. The van der Waals surface area contributed by atoms with Crippen LogP contribution in [-0.4, -0.2) is 37.6 Å². The lowest BCUT2D eigenvalue weighted by molar-refractivity contribution is -0.132. The molecule has 0 aromatic heterocycles. The topological polar surface area (TPSA) is 53.3 Å². The molecule has 0 radical (unpaired) electrons. The van der Waals surface area contributed by atoms with Gasteiger partial charge >= 0.3 is 0 Å². The number of hydrogen-bond donors (Lipinski definition) is 0. The van der Waals surface area contributed by atoms with Crippen LogP contribution in [0.2, 0.25) is 0 Å². The minimum absolute atomic E-state index is 0.0499. The van der Waals surface area contributed by atoms with E-state index in [4.69, 9.17) is 10.00 Å². The summed E-state index contributed by atoms with van der Waals surface area (Å²) in [6.07, 6.45) is 0.984. The van der Waals surface area contributed by atoms with Crippen molar-refractivity contribution >= 4 is 5.91 Å². The number of rotatable bonds is 3. The van der Waals surface area contributed by atoms with Gasteiger partial charge in [-0.15, -0.1) is 0 Å². The van der Waals surface area contributed by atoms with Crippen LogP contribution < -0.4 is 0 Å². The van der Waals surface area contributed by atoms with Crippen LogP contribution in [0, 0.1) is 23.2 Å². The largest absolute Gasteiger partial charge is 0.384 e. The zero-order valence-corrected chi connectivity index (χ0v) is 8.69. The summed E-state index contributed by atoms with van der Waals surface area (Å²) in [6.45, 7) is 3.84. The molecule has 0 aromatic rings. The van der Waals surface area contributed by atoms with Gasteiger partial charge in [0.05, 0.1) is 12.7 Å². The number of carbonyl (C=O) groups is 1. The monoisotopic (exact) mass is 196 g/mol. The Labute approximate surface area is 84.4 Å². The van der Waals surface area contributed by atoms with Gasteiger partial charge in [-0.1, -0.05) is 0 Å². The molecule has 78 valence electrons. The average molecular weight is 196 g/mol. The number of ether oxygens (including phenoxy) is 1. The fourth-order valence-electron chi connectivity index (χ4n) is 1.73. The van der Waals surface area contributed by atoms with E-state index in [2.05, 4.69) is 0 Å². The maximum atomic E-state index is 11.6. The number of nitriles is 1. The molecular weight excluding hydrogens is 180 g/mol. The Hall–Kier alpha value is -1.08. The Morgan fingerprint density at radius 2 is 2.50 bits per heavy atom. The van der Waals surface area contributed by atoms with E-state index in [0.717, 1.165) is 19.5 Å². The first kappa shape index (κ1) is 11.0. The first-order valence-electron chi connectivity index (χ1n) is 4.86. The number of methoxy groups -OCH3 is 1. The van der Waals surface area contributed by atoms with Crippen molar-refractivity contribution in [1.29, 1.82) is 5.26 Å². The number of carbonyl (C=O) groups excluding carboxylic acids is 1.